The van der Waals surface area contributed by atoms with Gasteiger partial charge in [-0.1, -0.05) is 0 Å². The van der Waals surface area contributed by atoms with Gasteiger partial charge in [-0.25, -0.2) is 0 Å². The molecule has 1 aromatic rings. The van der Waals surface area contributed by atoms with Crippen LogP contribution in [-0.2, 0) is 13.7 Å². The number of hydrogen-bond donors (Lipinski definition) is 1. The van der Waals surface area contributed by atoms with Crippen LogP contribution in [0.5, 0.6) is 0 Å². The topological polar surface area (TPSA) is 50.9 Å². The van der Waals surface area contributed by atoms with Crippen LogP contribution in [0.1, 0.15) is 36.8 Å². The van der Waals surface area contributed by atoms with Gasteiger partial charge in [-0.3, -0.25) is 0 Å². The number of aromatic nitrogens is 3. The Bertz CT molecular complexity index is 350. The first kappa shape index (κ1) is 8.41. The van der Waals surface area contributed by atoms with Crippen molar-refractivity contribution in [2.75, 3.05) is 0 Å². The summed E-state index contributed by atoms with van der Waals surface area (Å²) in [5, 5.41) is 17.2. The summed E-state index contributed by atoms with van der Waals surface area (Å²) in [7, 11) is 1.95. The van der Waals surface area contributed by atoms with Gasteiger partial charge < -0.3 is 9.67 Å². The van der Waals surface area contributed by atoms with Gasteiger partial charge >= 0.3 is 0 Å². The quantitative estimate of drug-likeness (QED) is 0.756. The standard InChI is InChI=1S/C10H15N3O/c1-13-9(5-14)11-12-10(13)8-3-6-2-7(6)4-8/h6-8,14H,2-5H2,1H3. The van der Waals surface area contributed by atoms with Gasteiger partial charge in [0.1, 0.15) is 12.4 Å². The lowest BCUT2D eigenvalue weighted by atomic mass is 10.0. The molecule has 4 nitrogen and oxygen atoms in total. The third kappa shape index (κ3) is 1.10. The average molecular weight is 193 g/mol. The fraction of sp³-hybridized carbons (Fsp3) is 0.800. The first-order valence-electron chi connectivity index (χ1n) is 5.28. The number of rotatable bonds is 2. The Morgan fingerprint density at radius 2 is 2.00 bits per heavy atom. The highest BCUT2D eigenvalue weighted by atomic mass is 16.3. The molecule has 0 aromatic carbocycles. The Morgan fingerprint density at radius 3 is 2.57 bits per heavy atom. The first-order chi connectivity index (χ1) is 6.79. The summed E-state index contributed by atoms with van der Waals surface area (Å²) in [5.74, 6) is 4.28. The third-order valence-corrected chi connectivity index (χ3v) is 3.75. The molecule has 1 N–H and O–H groups in total. The number of aliphatic hydroxyl groups excluding tert-OH is 1. The minimum absolute atomic E-state index is 0.0108. The Balaban J connectivity index is 1.85. The van der Waals surface area contributed by atoms with Gasteiger partial charge in [-0.2, -0.15) is 0 Å². The summed E-state index contributed by atoms with van der Waals surface area (Å²) in [4.78, 5) is 0. The Labute approximate surface area is 83.0 Å². The van der Waals surface area contributed by atoms with Crippen molar-refractivity contribution in [3.8, 4) is 0 Å². The summed E-state index contributed by atoms with van der Waals surface area (Å²) in [6, 6.07) is 0. The second kappa shape index (κ2) is 2.79. The van der Waals surface area contributed by atoms with Crippen molar-refractivity contribution in [3.05, 3.63) is 11.6 Å². The molecule has 0 spiro atoms. The second-order valence-electron chi connectivity index (χ2n) is 4.62. The number of aliphatic hydroxyl groups is 1. The van der Waals surface area contributed by atoms with Crippen LogP contribution in [0.25, 0.3) is 0 Å². The van der Waals surface area contributed by atoms with E-state index in [1.54, 1.807) is 0 Å². The smallest absolute Gasteiger partial charge is 0.158 e. The molecule has 1 aromatic heterocycles. The van der Waals surface area contributed by atoms with E-state index >= 15 is 0 Å². The van der Waals surface area contributed by atoms with E-state index in [0.29, 0.717) is 11.7 Å². The largest absolute Gasteiger partial charge is 0.388 e. The maximum atomic E-state index is 9.01. The van der Waals surface area contributed by atoms with Crippen molar-refractivity contribution in [2.45, 2.75) is 31.8 Å². The predicted molar refractivity (Wildman–Crippen MR) is 50.5 cm³/mol. The van der Waals surface area contributed by atoms with Gasteiger partial charge in [0.05, 0.1) is 0 Å². The third-order valence-electron chi connectivity index (χ3n) is 3.75. The number of nitrogens with zero attached hydrogens (tertiary/aromatic N) is 3. The van der Waals surface area contributed by atoms with Gasteiger partial charge in [0.2, 0.25) is 0 Å². The van der Waals surface area contributed by atoms with Crippen molar-refractivity contribution in [1.29, 1.82) is 0 Å². The summed E-state index contributed by atoms with van der Waals surface area (Å²) >= 11 is 0. The van der Waals surface area contributed by atoms with E-state index in [4.69, 9.17) is 5.11 Å². The molecule has 2 atom stereocenters. The maximum absolute atomic E-state index is 9.01. The summed E-state index contributed by atoms with van der Waals surface area (Å²) in [6.45, 7) is -0.0108. The average Bonchev–Trinajstić information content (AvgIpc) is 2.65. The van der Waals surface area contributed by atoms with Crippen LogP contribution >= 0.6 is 0 Å². The number of hydrogen-bond acceptors (Lipinski definition) is 3. The van der Waals surface area contributed by atoms with E-state index < -0.39 is 0 Å². The monoisotopic (exact) mass is 193 g/mol. The molecular weight excluding hydrogens is 178 g/mol. The lowest BCUT2D eigenvalue weighted by molar-refractivity contribution is 0.266. The van der Waals surface area contributed by atoms with Crippen LogP contribution in [0.4, 0.5) is 0 Å². The molecule has 0 saturated heterocycles. The van der Waals surface area contributed by atoms with Crippen LogP contribution in [-0.4, -0.2) is 19.9 Å². The summed E-state index contributed by atoms with van der Waals surface area (Å²) in [6.07, 6.45) is 3.99. The zero-order valence-corrected chi connectivity index (χ0v) is 8.35. The molecule has 2 aliphatic rings. The van der Waals surface area contributed by atoms with Gasteiger partial charge in [0.15, 0.2) is 5.82 Å². The molecule has 14 heavy (non-hydrogen) atoms. The minimum atomic E-state index is -0.0108. The molecule has 2 unspecified atom stereocenters. The van der Waals surface area contributed by atoms with E-state index in [0.717, 1.165) is 17.7 Å². The SMILES string of the molecule is Cn1c(CO)nnc1C1CC2CC2C1. The van der Waals surface area contributed by atoms with Crippen molar-refractivity contribution in [2.24, 2.45) is 18.9 Å². The van der Waals surface area contributed by atoms with Crippen LogP contribution in [0.2, 0.25) is 0 Å². The Kier molecular flexibility index (Phi) is 1.68. The van der Waals surface area contributed by atoms with E-state index in [2.05, 4.69) is 10.2 Å². The maximum Gasteiger partial charge on any atom is 0.158 e. The zero-order valence-electron chi connectivity index (χ0n) is 8.35. The summed E-state index contributed by atoms with van der Waals surface area (Å²) < 4.78 is 1.95. The molecule has 0 bridgehead atoms. The molecule has 0 amide bonds. The molecule has 1 heterocycles. The van der Waals surface area contributed by atoms with Crippen molar-refractivity contribution < 1.29 is 5.11 Å². The lowest BCUT2D eigenvalue weighted by Crippen LogP contribution is -2.07. The Morgan fingerprint density at radius 1 is 1.29 bits per heavy atom. The van der Waals surface area contributed by atoms with Crippen LogP contribution in [0.15, 0.2) is 0 Å². The molecule has 3 rings (SSSR count). The van der Waals surface area contributed by atoms with Crippen molar-refractivity contribution >= 4 is 0 Å². The van der Waals surface area contributed by atoms with E-state index in [-0.39, 0.29) is 6.61 Å². The molecule has 2 saturated carbocycles. The molecule has 0 radical (unpaired) electrons. The minimum Gasteiger partial charge on any atom is -0.388 e. The van der Waals surface area contributed by atoms with Crippen LogP contribution < -0.4 is 0 Å². The highest BCUT2D eigenvalue weighted by Crippen LogP contribution is 2.57. The fourth-order valence-electron chi connectivity index (χ4n) is 2.79. The van der Waals surface area contributed by atoms with E-state index in [9.17, 15) is 0 Å². The van der Waals surface area contributed by atoms with Crippen LogP contribution in [0.3, 0.4) is 0 Å². The molecular formula is C10H15N3O. The fourth-order valence-corrected chi connectivity index (χ4v) is 2.79. The second-order valence-corrected chi connectivity index (χ2v) is 4.62. The van der Waals surface area contributed by atoms with Crippen LogP contribution in [0, 0.1) is 11.8 Å². The van der Waals surface area contributed by atoms with E-state index in [1.807, 2.05) is 11.6 Å². The molecule has 76 valence electrons. The van der Waals surface area contributed by atoms with Gasteiger partial charge in [-0.05, 0) is 31.1 Å². The summed E-state index contributed by atoms with van der Waals surface area (Å²) in [5.41, 5.74) is 0. The number of fused-ring (bicyclic) bond motifs is 1. The molecule has 4 heteroatoms. The molecule has 2 fully saturated rings. The molecule has 2 aliphatic carbocycles. The van der Waals surface area contributed by atoms with Crippen molar-refractivity contribution in [3.63, 3.8) is 0 Å². The van der Waals surface area contributed by atoms with Crippen molar-refractivity contribution in [1.82, 2.24) is 14.8 Å². The highest BCUT2D eigenvalue weighted by molar-refractivity contribution is 5.10. The van der Waals surface area contributed by atoms with E-state index in [1.165, 1.54) is 19.3 Å². The lowest BCUT2D eigenvalue weighted by Gasteiger charge is -2.10. The van der Waals surface area contributed by atoms with Gasteiger partial charge in [0, 0.05) is 13.0 Å². The van der Waals surface area contributed by atoms with Gasteiger partial charge in [-0.15, -0.1) is 10.2 Å². The Hall–Kier alpha value is -0.900. The highest BCUT2D eigenvalue weighted by Gasteiger charge is 2.47. The predicted octanol–water partition coefficient (Wildman–Crippen LogP) is 0.821. The first-order valence-corrected chi connectivity index (χ1v) is 5.28. The normalized spacial score (nSPS) is 34.6. The van der Waals surface area contributed by atoms with Gasteiger partial charge in [0.25, 0.3) is 0 Å². The zero-order chi connectivity index (χ0) is 9.71. The molecule has 0 aliphatic heterocycles.